The minimum absolute atomic E-state index is 0.0616. The van der Waals surface area contributed by atoms with E-state index in [0.717, 1.165) is 54.1 Å². The highest BCUT2D eigenvalue weighted by Gasteiger charge is 2.24. The second-order valence-corrected chi connectivity index (χ2v) is 6.87. The second kappa shape index (κ2) is 8.13. The monoisotopic (exact) mass is 374 g/mol. The summed E-state index contributed by atoms with van der Waals surface area (Å²) in [4.78, 5) is 20.0. The maximum Gasteiger partial charge on any atom is 0.274 e. The molecule has 2 heterocycles. The predicted octanol–water partition coefficient (Wildman–Crippen LogP) is 3.02. The Morgan fingerprint density at radius 2 is 1.79 bits per heavy atom. The number of carbonyl (C=O) groups excluding carboxylic acids is 1. The van der Waals surface area contributed by atoms with Gasteiger partial charge in [-0.2, -0.15) is 0 Å². The summed E-state index contributed by atoms with van der Waals surface area (Å²) >= 11 is 0. The Morgan fingerprint density at radius 3 is 2.54 bits per heavy atom. The van der Waals surface area contributed by atoms with Gasteiger partial charge in [-0.1, -0.05) is 24.3 Å². The van der Waals surface area contributed by atoms with Crippen LogP contribution in [0.1, 0.15) is 5.56 Å². The van der Waals surface area contributed by atoms with Crippen molar-refractivity contribution in [1.82, 2.24) is 4.90 Å². The third-order valence-electron chi connectivity index (χ3n) is 5.11. The molecule has 2 aromatic carbocycles. The van der Waals surface area contributed by atoms with Gasteiger partial charge in [-0.05, 0) is 46.7 Å². The molecule has 142 valence electrons. The molecule has 0 unspecified atom stereocenters. The van der Waals surface area contributed by atoms with E-state index in [1.807, 2.05) is 53.6 Å². The zero-order chi connectivity index (χ0) is 19.3. The molecule has 28 heavy (non-hydrogen) atoms. The van der Waals surface area contributed by atoms with Crippen LogP contribution in [0.15, 0.2) is 66.9 Å². The van der Waals surface area contributed by atoms with Crippen LogP contribution in [0.25, 0.3) is 16.8 Å². The standard InChI is InChI=1S/C23H23N3O2/c1-28-21-9-8-19-16-18(5-7-20(19)17-21)6-10-23(27)26-14-12-25(13-15-26)22-4-2-3-11-24-22/h2-11,16-17H,12-15H2,1H3/p+1/b10-6+. The number of ether oxygens (including phenoxy) is 1. The van der Waals surface area contributed by atoms with Crippen molar-refractivity contribution in [3.05, 3.63) is 72.4 Å². The van der Waals surface area contributed by atoms with Gasteiger partial charge >= 0.3 is 0 Å². The average Bonchev–Trinajstić information content (AvgIpc) is 2.77. The minimum Gasteiger partial charge on any atom is -0.497 e. The first kappa shape index (κ1) is 18.0. The number of benzene rings is 2. The van der Waals surface area contributed by atoms with Crippen molar-refractivity contribution in [1.29, 1.82) is 0 Å². The lowest BCUT2D eigenvalue weighted by atomic mass is 10.1. The SMILES string of the molecule is COc1ccc2cc(/C=C/C(=O)N3CCN(c4cccc[nH+]4)CC3)ccc2c1. The highest BCUT2D eigenvalue weighted by atomic mass is 16.5. The molecule has 0 bridgehead atoms. The molecule has 1 fully saturated rings. The van der Waals surface area contributed by atoms with Crippen LogP contribution in [0.2, 0.25) is 0 Å². The van der Waals surface area contributed by atoms with Gasteiger partial charge in [-0.15, -0.1) is 0 Å². The van der Waals surface area contributed by atoms with Gasteiger partial charge in [-0.3, -0.25) is 9.69 Å². The van der Waals surface area contributed by atoms with Gasteiger partial charge in [0.1, 0.15) is 18.8 Å². The molecule has 0 atom stereocenters. The van der Waals surface area contributed by atoms with Crippen LogP contribution in [0.4, 0.5) is 5.82 Å². The Labute approximate surface area is 164 Å². The van der Waals surface area contributed by atoms with E-state index in [2.05, 4.69) is 28.1 Å². The number of hydrogen-bond donors (Lipinski definition) is 0. The Balaban J connectivity index is 1.38. The minimum atomic E-state index is 0.0616. The summed E-state index contributed by atoms with van der Waals surface area (Å²) < 4.78 is 5.26. The maximum atomic E-state index is 12.6. The fourth-order valence-electron chi connectivity index (χ4n) is 3.49. The summed E-state index contributed by atoms with van der Waals surface area (Å²) in [6, 6.07) is 18.2. The summed E-state index contributed by atoms with van der Waals surface area (Å²) in [6.45, 7) is 3.11. The topological polar surface area (TPSA) is 46.9 Å². The number of carbonyl (C=O) groups is 1. The highest BCUT2D eigenvalue weighted by Crippen LogP contribution is 2.22. The Bertz CT molecular complexity index is 993. The smallest absolute Gasteiger partial charge is 0.274 e. The number of aromatic nitrogens is 1. The van der Waals surface area contributed by atoms with Crippen molar-refractivity contribution < 1.29 is 14.5 Å². The number of methoxy groups -OCH3 is 1. The van der Waals surface area contributed by atoms with Gasteiger partial charge in [-0.25, -0.2) is 4.98 Å². The van der Waals surface area contributed by atoms with Crippen molar-refractivity contribution in [2.24, 2.45) is 0 Å². The molecule has 4 rings (SSSR count). The molecule has 5 nitrogen and oxygen atoms in total. The number of aromatic amines is 1. The number of nitrogens with zero attached hydrogens (tertiary/aromatic N) is 2. The first-order valence-electron chi connectivity index (χ1n) is 9.49. The van der Waals surface area contributed by atoms with E-state index in [1.54, 1.807) is 13.2 Å². The summed E-state index contributed by atoms with van der Waals surface area (Å²) in [5.41, 5.74) is 1.02. The third kappa shape index (κ3) is 3.98. The lowest BCUT2D eigenvalue weighted by Gasteiger charge is -2.30. The van der Waals surface area contributed by atoms with Crippen LogP contribution >= 0.6 is 0 Å². The molecule has 0 aliphatic carbocycles. The van der Waals surface area contributed by atoms with Gasteiger partial charge in [0.05, 0.1) is 26.4 Å². The molecule has 1 aromatic heterocycles. The molecule has 1 amide bonds. The Hall–Kier alpha value is -3.34. The zero-order valence-electron chi connectivity index (χ0n) is 16.0. The van der Waals surface area contributed by atoms with Gasteiger partial charge < -0.3 is 9.64 Å². The molecule has 0 radical (unpaired) electrons. The maximum absolute atomic E-state index is 12.6. The van der Waals surface area contributed by atoms with Crippen molar-refractivity contribution in [2.45, 2.75) is 0 Å². The number of fused-ring (bicyclic) bond motifs is 1. The number of anilines is 1. The average molecular weight is 374 g/mol. The molecule has 1 aliphatic rings. The number of amides is 1. The van der Waals surface area contributed by atoms with Gasteiger partial charge in [0, 0.05) is 12.1 Å². The normalized spacial score (nSPS) is 14.6. The van der Waals surface area contributed by atoms with Crippen molar-refractivity contribution >= 4 is 28.6 Å². The first-order chi connectivity index (χ1) is 13.7. The van der Waals surface area contributed by atoms with E-state index in [0.29, 0.717) is 0 Å². The lowest BCUT2D eigenvalue weighted by Crippen LogP contribution is -2.49. The number of pyridine rings is 1. The van der Waals surface area contributed by atoms with E-state index in [1.165, 1.54) is 0 Å². The summed E-state index contributed by atoms with van der Waals surface area (Å²) in [5.74, 6) is 2.00. The fourth-order valence-corrected chi connectivity index (χ4v) is 3.49. The van der Waals surface area contributed by atoms with E-state index in [4.69, 9.17) is 4.74 Å². The van der Waals surface area contributed by atoms with E-state index in [9.17, 15) is 4.79 Å². The van der Waals surface area contributed by atoms with Crippen LogP contribution in [0, 0.1) is 0 Å². The number of piperazine rings is 1. The third-order valence-corrected chi connectivity index (χ3v) is 5.11. The van der Waals surface area contributed by atoms with Crippen molar-refractivity contribution in [3.63, 3.8) is 0 Å². The van der Waals surface area contributed by atoms with Crippen molar-refractivity contribution in [2.75, 3.05) is 38.2 Å². The van der Waals surface area contributed by atoms with E-state index in [-0.39, 0.29) is 5.91 Å². The number of H-pyrrole nitrogens is 1. The molecule has 1 saturated heterocycles. The summed E-state index contributed by atoms with van der Waals surface area (Å²) in [6.07, 6.45) is 5.49. The van der Waals surface area contributed by atoms with Crippen LogP contribution in [0.3, 0.4) is 0 Å². The second-order valence-electron chi connectivity index (χ2n) is 6.87. The highest BCUT2D eigenvalue weighted by molar-refractivity contribution is 5.93. The number of rotatable bonds is 4. The number of nitrogens with one attached hydrogen (secondary N) is 1. The summed E-state index contributed by atoms with van der Waals surface area (Å²) in [7, 11) is 1.67. The lowest BCUT2D eigenvalue weighted by molar-refractivity contribution is -0.364. The predicted molar refractivity (Wildman–Crippen MR) is 111 cm³/mol. The summed E-state index contributed by atoms with van der Waals surface area (Å²) in [5, 5.41) is 2.25. The largest absolute Gasteiger partial charge is 0.497 e. The molecule has 1 N–H and O–H groups in total. The van der Waals surface area contributed by atoms with Crippen molar-refractivity contribution in [3.8, 4) is 5.75 Å². The van der Waals surface area contributed by atoms with Crippen LogP contribution in [-0.4, -0.2) is 44.1 Å². The number of hydrogen-bond acceptors (Lipinski definition) is 3. The van der Waals surface area contributed by atoms with Gasteiger partial charge in [0.2, 0.25) is 5.91 Å². The molecule has 3 aromatic rings. The zero-order valence-corrected chi connectivity index (χ0v) is 16.0. The van der Waals surface area contributed by atoms with E-state index < -0.39 is 0 Å². The van der Waals surface area contributed by atoms with Crippen LogP contribution in [0.5, 0.6) is 5.75 Å². The van der Waals surface area contributed by atoms with Gasteiger partial charge in [0.15, 0.2) is 0 Å². The van der Waals surface area contributed by atoms with Crippen LogP contribution < -0.4 is 14.6 Å². The Morgan fingerprint density at radius 1 is 1.00 bits per heavy atom. The van der Waals surface area contributed by atoms with Gasteiger partial charge in [0.25, 0.3) is 5.82 Å². The van der Waals surface area contributed by atoms with E-state index >= 15 is 0 Å². The quantitative estimate of drug-likeness (QED) is 0.660. The molecular weight excluding hydrogens is 350 g/mol. The Kier molecular flexibility index (Phi) is 5.24. The fraction of sp³-hybridized carbons (Fsp3) is 0.217. The molecule has 1 aliphatic heterocycles. The molecule has 0 saturated carbocycles. The molecule has 5 heteroatoms. The molecular formula is C23H24N3O2+. The molecule has 0 spiro atoms. The van der Waals surface area contributed by atoms with Crippen LogP contribution in [-0.2, 0) is 4.79 Å². The first-order valence-corrected chi connectivity index (χ1v) is 9.49.